The third-order valence-electron chi connectivity index (χ3n) is 5.81. The Morgan fingerprint density at radius 1 is 1.14 bits per heavy atom. The van der Waals surface area contributed by atoms with Crippen molar-refractivity contribution >= 4 is 35.4 Å². The maximum absolute atomic E-state index is 12.9. The van der Waals surface area contributed by atoms with Crippen molar-refractivity contribution < 1.29 is 28.7 Å². The number of urea groups is 1. The van der Waals surface area contributed by atoms with Gasteiger partial charge in [0.2, 0.25) is 11.8 Å². The lowest BCUT2D eigenvalue weighted by Gasteiger charge is -2.29. The Kier molecular flexibility index (Phi) is 7.30. The van der Waals surface area contributed by atoms with E-state index in [1.165, 1.54) is 4.90 Å². The molecule has 1 saturated heterocycles. The normalized spacial score (nSPS) is 17.0. The highest BCUT2D eigenvalue weighted by molar-refractivity contribution is 6.05. The van der Waals surface area contributed by atoms with Gasteiger partial charge < -0.3 is 20.3 Å². The van der Waals surface area contributed by atoms with Gasteiger partial charge in [-0.3, -0.25) is 29.4 Å². The molecule has 0 spiro atoms. The van der Waals surface area contributed by atoms with Crippen LogP contribution in [0.2, 0.25) is 0 Å². The van der Waals surface area contributed by atoms with E-state index in [-0.39, 0.29) is 31.3 Å². The van der Waals surface area contributed by atoms with Crippen LogP contribution in [0.3, 0.4) is 0 Å². The lowest BCUT2D eigenvalue weighted by atomic mass is 10.0. The minimum absolute atomic E-state index is 0.132. The molecule has 11 heteroatoms. The van der Waals surface area contributed by atoms with Crippen LogP contribution in [0.25, 0.3) is 0 Å². The zero-order valence-corrected chi connectivity index (χ0v) is 20.0. The van der Waals surface area contributed by atoms with Crippen molar-refractivity contribution in [3.8, 4) is 5.75 Å². The maximum Gasteiger partial charge on any atom is 0.325 e. The number of piperidine rings is 1. The summed E-state index contributed by atoms with van der Waals surface area (Å²) in [6.45, 7) is 0.596. The van der Waals surface area contributed by atoms with Crippen molar-refractivity contribution in [3.63, 3.8) is 0 Å². The van der Waals surface area contributed by atoms with Crippen LogP contribution in [-0.4, -0.2) is 66.2 Å². The maximum atomic E-state index is 12.9. The standard InChI is InChI=1S/C25H27N5O6/c1-29(2)14-22(32)36-18-5-3-4-17(11-18)27-25(35)26-12-15-6-7-16-13-30(24(34)19(16)10-15)20-8-9-21(31)28-23(20)33/h3-7,10-11,20H,8-9,12-14H2,1-2H3,(H2,26,27,35)(H,28,31,33). The van der Waals surface area contributed by atoms with Gasteiger partial charge in [0, 0.05) is 36.8 Å². The van der Waals surface area contributed by atoms with E-state index < -0.39 is 23.9 Å². The van der Waals surface area contributed by atoms with Gasteiger partial charge in [-0.1, -0.05) is 18.2 Å². The third-order valence-corrected chi connectivity index (χ3v) is 5.81. The molecule has 1 fully saturated rings. The van der Waals surface area contributed by atoms with Crippen LogP contribution in [0.4, 0.5) is 10.5 Å². The van der Waals surface area contributed by atoms with Gasteiger partial charge in [-0.15, -0.1) is 0 Å². The van der Waals surface area contributed by atoms with Gasteiger partial charge in [-0.2, -0.15) is 0 Å². The summed E-state index contributed by atoms with van der Waals surface area (Å²) in [5.74, 6) is -1.15. The summed E-state index contributed by atoms with van der Waals surface area (Å²) in [4.78, 5) is 64.0. The lowest BCUT2D eigenvalue weighted by Crippen LogP contribution is -2.52. The zero-order valence-electron chi connectivity index (χ0n) is 20.0. The molecular formula is C25H27N5O6. The molecule has 2 aliphatic rings. The summed E-state index contributed by atoms with van der Waals surface area (Å²) >= 11 is 0. The molecule has 36 heavy (non-hydrogen) atoms. The molecule has 1 unspecified atom stereocenters. The van der Waals surface area contributed by atoms with Gasteiger partial charge in [-0.25, -0.2) is 4.79 Å². The van der Waals surface area contributed by atoms with E-state index in [2.05, 4.69) is 16.0 Å². The Balaban J connectivity index is 1.32. The van der Waals surface area contributed by atoms with E-state index >= 15 is 0 Å². The number of anilines is 1. The number of nitrogens with zero attached hydrogens (tertiary/aromatic N) is 2. The Hall–Kier alpha value is -4.25. The topological polar surface area (TPSA) is 137 Å². The third kappa shape index (κ3) is 5.87. The molecule has 0 radical (unpaired) electrons. The summed E-state index contributed by atoms with van der Waals surface area (Å²) in [5, 5.41) is 7.71. The SMILES string of the molecule is CN(C)CC(=O)Oc1cccc(NC(=O)NCc2ccc3c(c2)C(=O)N(C2CCC(=O)NC2=O)C3)c1. The average molecular weight is 494 g/mol. The molecule has 0 bridgehead atoms. The molecule has 2 aromatic rings. The number of nitrogens with one attached hydrogen (secondary N) is 3. The monoisotopic (exact) mass is 493 g/mol. The molecule has 0 aliphatic carbocycles. The number of carbonyl (C=O) groups is 5. The number of hydrogen-bond donors (Lipinski definition) is 3. The Morgan fingerprint density at radius 2 is 1.94 bits per heavy atom. The number of amides is 5. The molecule has 4 rings (SSSR count). The number of esters is 1. The van der Waals surface area contributed by atoms with Gasteiger partial charge in [-0.05, 0) is 49.8 Å². The van der Waals surface area contributed by atoms with Crippen molar-refractivity contribution in [1.82, 2.24) is 20.4 Å². The molecule has 0 saturated carbocycles. The number of rotatable bonds is 7. The van der Waals surface area contributed by atoms with E-state index in [0.717, 1.165) is 5.56 Å². The Bertz CT molecular complexity index is 1230. The first kappa shape index (κ1) is 24.9. The summed E-state index contributed by atoms with van der Waals surface area (Å²) in [5.41, 5.74) is 2.44. The molecule has 5 amide bonds. The van der Waals surface area contributed by atoms with Crippen molar-refractivity contribution in [1.29, 1.82) is 0 Å². The number of fused-ring (bicyclic) bond motifs is 1. The highest BCUT2D eigenvalue weighted by Gasteiger charge is 2.39. The second-order valence-electron chi connectivity index (χ2n) is 8.94. The van der Waals surface area contributed by atoms with Crippen LogP contribution >= 0.6 is 0 Å². The van der Waals surface area contributed by atoms with Gasteiger partial charge >= 0.3 is 12.0 Å². The van der Waals surface area contributed by atoms with E-state index in [0.29, 0.717) is 35.5 Å². The largest absolute Gasteiger partial charge is 0.426 e. The first-order valence-corrected chi connectivity index (χ1v) is 11.5. The molecule has 2 heterocycles. The second-order valence-corrected chi connectivity index (χ2v) is 8.94. The molecular weight excluding hydrogens is 466 g/mol. The van der Waals surface area contributed by atoms with Gasteiger partial charge in [0.05, 0.1) is 6.54 Å². The Labute approximate surface area is 207 Å². The van der Waals surface area contributed by atoms with Crippen LogP contribution in [0.15, 0.2) is 42.5 Å². The number of hydrogen-bond acceptors (Lipinski definition) is 7. The van der Waals surface area contributed by atoms with Crippen LogP contribution in [0.5, 0.6) is 5.75 Å². The summed E-state index contributed by atoms with van der Waals surface area (Å²) in [6, 6.07) is 10.7. The quantitative estimate of drug-likeness (QED) is 0.300. The number of carbonyl (C=O) groups excluding carboxylic acids is 5. The molecule has 3 N–H and O–H groups in total. The number of benzene rings is 2. The molecule has 2 aliphatic heterocycles. The van der Waals surface area contributed by atoms with Gasteiger partial charge in [0.25, 0.3) is 5.91 Å². The van der Waals surface area contributed by atoms with Crippen LogP contribution < -0.4 is 20.7 Å². The fourth-order valence-corrected chi connectivity index (χ4v) is 4.13. The smallest absolute Gasteiger partial charge is 0.325 e. The molecule has 188 valence electrons. The van der Waals surface area contributed by atoms with E-state index in [4.69, 9.17) is 4.74 Å². The van der Waals surface area contributed by atoms with Crippen molar-refractivity contribution in [2.24, 2.45) is 0 Å². The van der Waals surface area contributed by atoms with Gasteiger partial charge in [0.15, 0.2) is 0 Å². The molecule has 0 aromatic heterocycles. The van der Waals surface area contributed by atoms with E-state index in [9.17, 15) is 24.0 Å². The van der Waals surface area contributed by atoms with Crippen LogP contribution in [0, 0.1) is 0 Å². The minimum atomic E-state index is -0.673. The number of ether oxygens (including phenoxy) is 1. The first-order valence-electron chi connectivity index (χ1n) is 11.5. The molecule has 1 atom stereocenters. The van der Waals surface area contributed by atoms with Crippen molar-refractivity contribution in [2.45, 2.75) is 32.0 Å². The van der Waals surface area contributed by atoms with Crippen molar-refractivity contribution in [2.75, 3.05) is 26.0 Å². The summed E-state index contributed by atoms with van der Waals surface area (Å²) < 4.78 is 5.26. The fourth-order valence-electron chi connectivity index (χ4n) is 4.13. The number of likely N-dealkylation sites (N-methyl/N-ethyl adjacent to an activating group) is 1. The van der Waals surface area contributed by atoms with Gasteiger partial charge in [0.1, 0.15) is 11.8 Å². The van der Waals surface area contributed by atoms with Crippen molar-refractivity contribution in [3.05, 3.63) is 59.2 Å². The first-order chi connectivity index (χ1) is 17.2. The Morgan fingerprint density at radius 3 is 2.69 bits per heavy atom. The lowest BCUT2D eigenvalue weighted by molar-refractivity contribution is -0.137. The van der Waals surface area contributed by atoms with E-state index in [1.54, 1.807) is 55.4 Å². The fraction of sp³-hybridized carbons (Fsp3) is 0.320. The van der Waals surface area contributed by atoms with Crippen LogP contribution in [-0.2, 0) is 27.5 Å². The number of imide groups is 1. The second kappa shape index (κ2) is 10.6. The van der Waals surface area contributed by atoms with E-state index in [1.807, 2.05) is 6.07 Å². The predicted molar refractivity (Wildman–Crippen MR) is 129 cm³/mol. The molecule has 11 nitrogen and oxygen atoms in total. The average Bonchev–Trinajstić information content (AvgIpc) is 3.13. The highest BCUT2D eigenvalue weighted by atomic mass is 16.5. The summed E-state index contributed by atoms with van der Waals surface area (Å²) in [6.07, 6.45) is 0.497. The van der Waals surface area contributed by atoms with Crippen LogP contribution in [0.1, 0.15) is 34.3 Å². The highest BCUT2D eigenvalue weighted by Crippen LogP contribution is 2.28. The molecule has 2 aromatic carbocycles. The zero-order chi connectivity index (χ0) is 25.8. The minimum Gasteiger partial charge on any atom is -0.426 e. The predicted octanol–water partition coefficient (Wildman–Crippen LogP) is 1.24. The summed E-state index contributed by atoms with van der Waals surface area (Å²) in [7, 11) is 3.52.